The summed E-state index contributed by atoms with van der Waals surface area (Å²) in [6.07, 6.45) is 0.282. The SMILES string of the molecule is COC1CCC(C(=O)O)N(C(=O)OC(C)(C)C)C1. The predicted octanol–water partition coefficient (Wildman–Crippen LogP) is 1.49. The molecule has 1 amide bonds. The van der Waals surface area contributed by atoms with Gasteiger partial charge in [-0.3, -0.25) is 4.90 Å². The number of amides is 1. The van der Waals surface area contributed by atoms with E-state index in [1.54, 1.807) is 27.9 Å². The molecule has 1 aliphatic rings. The van der Waals surface area contributed by atoms with Gasteiger partial charge >= 0.3 is 12.1 Å². The predicted molar refractivity (Wildman–Crippen MR) is 64.4 cm³/mol. The first-order valence-electron chi connectivity index (χ1n) is 6.00. The van der Waals surface area contributed by atoms with Crippen molar-refractivity contribution < 1.29 is 24.2 Å². The fourth-order valence-electron chi connectivity index (χ4n) is 1.91. The summed E-state index contributed by atoms with van der Waals surface area (Å²) in [5.41, 5.74) is -0.639. The van der Waals surface area contributed by atoms with Crippen molar-refractivity contribution in [3.8, 4) is 0 Å². The monoisotopic (exact) mass is 259 g/mol. The van der Waals surface area contributed by atoms with Crippen molar-refractivity contribution >= 4 is 12.1 Å². The molecular weight excluding hydrogens is 238 g/mol. The lowest BCUT2D eigenvalue weighted by Crippen LogP contribution is -2.53. The standard InChI is InChI=1S/C12H21NO5/c1-12(2,3)18-11(16)13-7-8(17-4)5-6-9(13)10(14)15/h8-9H,5-7H2,1-4H3,(H,14,15). The summed E-state index contributed by atoms with van der Waals surface area (Å²) in [7, 11) is 1.55. The van der Waals surface area contributed by atoms with Gasteiger partial charge in [0.15, 0.2) is 0 Å². The van der Waals surface area contributed by atoms with Crippen molar-refractivity contribution in [2.24, 2.45) is 0 Å². The van der Waals surface area contributed by atoms with Crippen LogP contribution in [0.2, 0.25) is 0 Å². The number of aliphatic carboxylic acids is 1. The maximum atomic E-state index is 12.0. The number of hydrogen-bond donors (Lipinski definition) is 1. The lowest BCUT2D eigenvalue weighted by Gasteiger charge is -2.37. The minimum absolute atomic E-state index is 0.131. The van der Waals surface area contributed by atoms with E-state index in [1.165, 1.54) is 4.90 Å². The average molecular weight is 259 g/mol. The largest absolute Gasteiger partial charge is 0.480 e. The van der Waals surface area contributed by atoms with Gasteiger partial charge in [0.05, 0.1) is 12.6 Å². The molecule has 0 aromatic heterocycles. The van der Waals surface area contributed by atoms with Crippen molar-refractivity contribution in [3.05, 3.63) is 0 Å². The number of piperidine rings is 1. The quantitative estimate of drug-likeness (QED) is 0.813. The molecule has 0 spiro atoms. The summed E-state index contributed by atoms with van der Waals surface area (Å²) in [6, 6.07) is -0.828. The Bertz CT molecular complexity index is 323. The summed E-state index contributed by atoms with van der Waals surface area (Å²) in [6.45, 7) is 5.50. The zero-order valence-corrected chi connectivity index (χ0v) is 11.3. The molecule has 1 aliphatic heterocycles. The van der Waals surface area contributed by atoms with Gasteiger partial charge in [-0.05, 0) is 33.6 Å². The highest BCUT2D eigenvalue weighted by Crippen LogP contribution is 2.22. The molecule has 104 valence electrons. The first-order chi connectivity index (χ1) is 8.24. The Labute approximate surface area is 107 Å². The third-order valence-corrected chi connectivity index (χ3v) is 2.79. The number of carboxylic acids is 1. The summed E-state index contributed by atoms with van der Waals surface area (Å²) in [4.78, 5) is 24.4. The molecule has 0 aromatic rings. The molecule has 0 saturated carbocycles. The topological polar surface area (TPSA) is 76.1 Å². The Balaban J connectivity index is 2.78. The Morgan fingerprint density at radius 1 is 1.28 bits per heavy atom. The second-order valence-corrected chi connectivity index (χ2v) is 5.42. The molecule has 1 fully saturated rings. The number of likely N-dealkylation sites (tertiary alicyclic amines) is 1. The van der Waals surface area contributed by atoms with Gasteiger partial charge in [-0.25, -0.2) is 9.59 Å². The summed E-state index contributed by atoms with van der Waals surface area (Å²) >= 11 is 0. The smallest absolute Gasteiger partial charge is 0.411 e. The molecule has 0 aromatic carbocycles. The second-order valence-electron chi connectivity index (χ2n) is 5.42. The van der Waals surface area contributed by atoms with E-state index in [0.29, 0.717) is 12.8 Å². The molecule has 1 rings (SSSR count). The van der Waals surface area contributed by atoms with Gasteiger partial charge in [0.1, 0.15) is 11.6 Å². The highest BCUT2D eigenvalue weighted by Gasteiger charge is 2.38. The van der Waals surface area contributed by atoms with Crippen LogP contribution in [0.3, 0.4) is 0 Å². The minimum Gasteiger partial charge on any atom is -0.480 e. The van der Waals surface area contributed by atoms with Crippen molar-refractivity contribution in [1.82, 2.24) is 4.90 Å². The van der Waals surface area contributed by atoms with Crippen LogP contribution in [0.4, 0.5) is 4.79 Å². The van der Waals surface area contributed by atoms with Crippen molar-refractivity contribution in [2.45, 2.75) is 51.4 Å². The van der Waals surface area contributed by atoms with Crippen LogP contribution in [0, 0.1) is 0 Å². The number of carbonyl (C=O) groups is 2. The second kappa shape index (κ2) is 5.56. The van der Waals surface area contributed by atoms with Crippen LogP contribution >= 0.6 is 0 Å². The zero-order valence-electron chi connectivity index (χ0n) is 11.3. The molecule has 2 unspecified atom stereocenters. The Morgan fingerprint density at radius 2 is 1.89 bits per heavy atom. The number of carbonyl (C=O) groups excluding carboxylic acids is 1. The zero-order chi connectivity index (χ0) is 13.9. The molecule has 1 N–H and O–H groups in total. The maximum Gasteiger partial charge on any atom is 0.411 e. The van der Waals surface area contributed by atoms with Gasteiger partial charge in [0.2, 0.25) is 0 Å². The van der Waals surface area contributed by atoms with E-state index in [4.69, 9.17) is 14.6 Å². The fraction of sp³-hybridized carbons (Fsp3) is 0.833. The van der Waals surface area contributed by atoms with Crippen LogP contribution in [0.15, 0.2) is 0 Å². The van der Waals surface area contributed by atoms with E-state index < -0.39 is 23.7 Å². The van der Waals surface area contributed by atoms with Gasteiger partial charge in [-0.15, -0.1) is 0 Å². The van der Waals surface area contributed by atoms with Crippen LogP contribution in [-0.4, -0.2) is 53.5 Å². The van der Waals surface area contributed by atoms with E-state index >= 15 is 0 Å². The highest BCUT2D eigenvalue weighted by atomic mass is 16.6. The first kappa shape index (κ1) is 14.8. The van der Waals surface area contributed by atoms with Crippen LogP contribution in [0.5, 0.6) is 0 Å². The van der Waals surface area contributed by atoms with Crippen LogP contribution in [0.1, 0.15) is 33.6 Å². The van der Waals surface area contributed by atoms with Crippen LogP contribution in [0.25, 0.3) is 0 Å². The van der Waals surface area contributed by atoms with Crippen molar-refractivity contribution in [3.63, 3.8) is 0 Å². The van der Waals surface area contributed by atoms with Gasteiger partial charge in [-0.2, -0.15) is 0 Å². The Kier molecular flexibility index (Phi) is 4.56. The Hall–Kier alpha value is -1.30. The summed E-state index contributed by atoms with van der Waals surface area (Å²) in [5.74, 6) is -1.00. The van der Waals surface area contributed by atoms with Gasteiger partial charge in [0.25, 0.3) is 0 Å². The van der Waals surface area contributed by atoms with Gasteiger partial charge in [-0.1, -0.05) is 0 Å². The number of carboxylic acid groups (broad SMARTS) is 1. The Morgan fingerprint density at radius 3 is 2.33 bits per heavy atom. The van der Waals surface area contributed by atoms with E-state index in [2.05, 4.69) is 0 Å². The molecule has 1 heterocycles. The van der Waals surface area contributed by atoms with E-state index in [-0.39, 0.29) is 12.6 Å². The van der Waals surface area contributed by atoms with Crippen LogP contribution in [-0.2, 0) is 14.3 Å². The minimum atomic E-state index is -1.00. The number of ether oxygens (including phenoxy) is 2. The molecule has 0 bridgehead atoms. The third-order valence-electron chi connectivity index (χ3n) is 2.79. The molecule has 0 radical (unpaired) electrons. The van der Waals surface area contributed by atoms with Gasteiger partial charge < -0.3 is 14.6 Å². The fourth-order valence-corrected chi connectivity index (χ4v) is 1.91. The molecule has 6 heteroatoms. The van der Waals surface area contributed by atoms with Gasteiger partial charge in [0, 0.05) is 7.11 Å². The maximum absolute atomic E-state index is 12.0. The van der Waals surface area contributed by atoms with Crippen molar-refractivity contribution in [2.75, 3.05) is 13.7 Å². The van der Waals surface area contributed by atoms with E-state index in [9.17, 15) is 9.59 Å². The molecule has 18 heavy (non-hydrogen) atoms. The highest BCUT2D eigenvalue weighted by molar-refractivity contribution is 5.80. The molecule has 0 aliphatic carbocycles. The number of nitrogens with zero attached hydrogens (tertiary/aromatic N) is 1. The normalized spacial score (nSPS) is 24.8. The first-order valence-corrected chi connectivity index (χ1v) is 6.00. The molecule has 2 atom stereocenters. The lowest BCUT2D eigenvalue weighted by molar-refractivity contribution is -0.146. The number of methoxy groups -OCH3 is 1. The lowest BCUT2D eigenvalue weighted by atomic mass is 10.0. The number of rotatable bonds is 2. The average Bonchev–Trinajstić information content (AvgIpc) is 2.25. The summed E-state index contributed by atoms with van der Waals surface area (Å²) < 4.78 is 10.4. The molecule has 1 saturated heterocycles. The van der Waals surface area contributed by atoms with E-state index in [1.807, 2.05) is 0 Å². The third kappa shape index (κ3) is 3.87. The molecular formula is C12H21NO5. The van der Waals surface area contributed by atoms with Crippen molar-refractivity contribution in [1.29, 1.82) is 0 Å². The molecule has 6 nitrogen and oxygen atoms in total. The number of hydrogen-bond acceptors (Lipinski definition) is 4. The van der Waals surface area contributed by atoms with Crippen LogP contribution < -0.4 is 0 Å². The van der Waals surface area contributed by atoms with E-state index in [0.717, 1.165) is 0 Å². The summed E-state index contributed by atoms with van der Waals surface area (Å²) in [5, 5.41) is 9.12.